The Balaban J connectivity index is 0.000000418. The van der Waals surface area contributed by atoms with Crippen LogP contribution in [0, 0.1) is 5.82 Å². The fourth-order valence-corrected chi connectivity index (χ4v) is 2.87. The van der Waals surface area contributed by atoms with Gasteiger partial charge in [0.1, 0.15) is 11.9 Å². The Kier molecular flexibility index (Phi) is 10.9. The summed E-state index contributed by atoms with van der Waals surface area (Å²) >= 11 is 0. The minimum absolute atomic E-state index is 0.108. The molecule has 2 aromatic rings. The smallest absolute Gasteiger partial charge is 0.410 e. The third kappa shape index (κ3) is 7.70. The van der Waals surface area contributed by atoms with E-state index in [0.29, 0.717) is 13.0 Å². The van der Waals surface area contributed by atoms with Crippen molar-refractivity contribution in [1.82, 2.24) is 4.90 Å². The van der Waals surface area contributed by atoms with Crippen molar-refractivity contribution in [3.8, 4) is 0 Å². The van der Waals surface area contributed by atoms with Gasteiger partial charge in [-0.1, -0.05) is 50.3 Å². The van der Waals surface area contributed by atoms with E-state index in [1.807, 2.05) is 26.8 Å². The Hall–Kier alpha value is -3.15. The summed E-state index contributed by atoms with van der Waals surface area (Å²) < 4.78 is 17.3. The zero-order valence-corrected chi connectivity index (χ0v) is 17.8. The van der Waals surface area contributed by atoms with Crippen molar-refractivity contribution in [2.45, 2.75) is 45.8 Å². The van der Waals surface area contributed by atoms with Crippen LogP contribution in [0.15, 0.2) is 67.3 Å². The molecule has 0 bridgehead atoms. The zero-order chi connectivity index (χ0) is 22.5. The summed E-state index contributed by atoms with van der Waals surface area (Å²) in [7, 11) is 0. The minimum Gasteiger partial charge on any atom is -0.478 e. The molecule has 30 heavy (non-hydrogen) atoms. The number of aromatic carboxylic acids is 1. The molecule has 1 fully saturated rings. The quantitative estimate of drug-likeness (QED) is 0.601. The second kappa shape index (κ2) is 13.1. The van der Waals surface area contributed by atoms with Crippen molar-refractivity contribution in [2.75, 3.05) is 6.54 Å². The number of hydrogen-bond acceptors (Lipinski definition) is 3. The lowest BCUT2D eigenvalue weighted by Crippen LogP contribution is -2.43. The third-order valence-corrected chi connectivity index (χ3v) is 4.44. The fourth-order valence-electron chi connectivity index (χ4n) is 2.87. The standard InChI is InChI=1S/C16H19NO4.C6H5F.C2H6/c1-3-5-14-8-9-17(16(20)21-14)11(2)12-6-4-7-13(10-12)15(18)19;7-6-4-2-1-3-5-6;1-2/h3-4,6-7,10-11,14H,1,5,8-9H2,2H3,(H,18,19);1-5H;1-2H3. The average molecular weight is 416 g/mol. The van der Waals surface area contributed by atoms with E-state index in [9.17, 15) is 14.0 Å². The number of carboxylic acid groups (broad SMARTS) is 1. The van der Waals surface area contributed by atoms with E-state index in [1.54, 1.807) is 41.3 Å². The highest BCUT2D eigenvalue weighted by atomic mass is 19.1. The van der Waals surface area contributed by atoms with Crippen molar-refractivity contribution in [3.63, 3.8) is 0 Å². The molecule has 6 heteroatoms. The third-order valence-electron chi connectivity index (χ3n) is 4.44. The summed E-state index contributed by atoms with van der Waals surface area (Å²) in [6.07, 6.45) is 2.68. The molecular formula is C24H30FNO4. The number of carboxylic acids is 1. The van der Waals surface area contributed by atoms with Crippen LogP contribution in [0.2, 0.25) is 0 Å². The van der Waals surface area contributed by atoms with Gasteiger partial charge in [0.25, 0.3) is 0 Å². The van der Waals surface area contributed by atoms with Crippen LogP contribution in [-0.2, 0) is 4.74 Å². The van der Waals surface area contributed by atoms with Crippen LogP contribution in [0.4, 0.5) is 9.18 Å². The van der Waals surface area contributed by atoms with Gasteiger partial charge in [0, 0.05) is 19.4 Å². The predicted octanol–water partition coefficient (Wildman–Crippen LogP) is 6.08. The number of carbonyl (C=O) groups is 2. The molecule has 1 aliphatic heterocycles. The maximum Gasteiger partial charge on any atom is 0.410 e. The molecule has 2 atom stereocenters. The highest BCUT2D eigenvalue weighted by molar-refractivity contribution is 5.87. The first-order chi connectivity index (χ1) is 14.4. The first-order valence-electron chi connectivity index (χ1n) is 10.0. The van der Waals surface area contributed by atoms with Crippen molar-refractivity contribution in [2.24, 2.45) is 0 Å². The van der Waals surface area contributed by atoms with Gasteiger partial charge in [-0.3, -0.25) is 0 Å². The summed E-state index contributed by atoms with van der Waals surface area (Å²) in [6, 6.07) is 14.4. The molecule has 0 saturated carbocycles. The number of hydrogen-bond donors (Lipinski definition) is 1. The van der Waals surface area contributed by atoms with E-state index in [1.165, 1.54) is 18.2 Å². The van der Waals surface area contributed by atoms with Crippen molar-refractivity contribution < 1.29 is 23.8 Å². The summed E-state index contributed by atoms with van der Waals surface area (Å²) in [5.41, 5.74) is 1.00. The molecule has 162 valence electrons. The first-order valence-corrected chi connectivity index (χ1v) is 10.0. The lowest BCUT2D eigenvalue weighted by Gasteiger charge is -2.35. The largest absolute Gasteiger partial charge is 0.478 e. The van der Waals surface area contributed by atoms with Crippen molar-refractivity contribution >= 4 is 12.1 Å². The predicted molar refractivity (Wildman–Crippen MR) is 116 cm³/mol. The van der Waals surface area contributed by atoms with Gasteiger partial charge in [0.05, 0.1) is 11.6 Å². The normalized spacial score (nSPS) is 16.1. The Morgan fingerprint density at radius 1 is 1.27 bits per heavy atom. The molecule has 3 rings (SSSR count). The summed E-state index contributed by atoms with van der Waals surface area (Å²) in [6.45, 7) is 10.1. The molecule has 1 saturated heterocycles. The number of amides is 1. The molecule has 0 aromatic heterocycles. The van der Waals surface area contributed by atoms with Gasteiger partial charge >= 0.3 is 12.1 Å². The number of cyclic esters (lactones) is 1. The SMILES string of the molecule is C=CCC1CCN(C(C)c2cccc(C(=O)O)c2)C(=O)O1.CC.Fc1ccccc1. The fraction of sp³-hybridized carbons (Fsp3) is 0.333. The summed E-state index contributed by atoms with van der Waals surface area (Å²) in [5, 5.41) is 9.03. The van der Waals surface area contributed by atoms with E-state index in [2.05, 4.69) is 6.58 Å². The molecule has 1 amide bonds. The van der Waals surface area contributed by atoms with Crippen LogP contribution in [-0.4, -0.2) is 34.7 Å². The molecule has 0 radical (unpaired) electrons. The molecule has 1 heterocycles. The molecule has 2 aromatic carbocycles. The van der Waals surface area contributed by atoms with Crippen LogP contribution in [0.25, 0.3) is 0 Å². The average Bonchev–Trinajstić information content (AvgIpc) is 2.76. The molecule has 1 aliphatic rings. The van der Waals surface area contributed by atoms with E-state index < -0.39 is 5.97 Å². The van der Waals surface area contributed by atoms with Crippen LogP contribution in [0.3, 0.4) is 0 Å². The second-order valence-corrected chi connectivity index (χ2v) is 6.41. The van der Waals surface area contributed by atoms with E-state index in [-0.39, 0.29) is 29.6 Å². The van der Waals surface area contributed by atoms with Crippen LogP contribution in [0.1, 0.15) is 55.6 Å². The number of benzene rings is 2. The number of halogens is 1. The number of rotatable bonds is 5. The first kappa shape index (κ1) is 24.9. The van der Waals surface area contributed by atoms with Crippen molar-refractivity contribution in [3.05, 3.63) is 84.2 Å². The lowest BCUT2D eigenvalue weighted by molar-refractivity contribution is 0.0146. The minimum atomic E-state index is -0.976. The summed E-state index contributed by atoms with van der Waals surface area (Å²) in [5.74, 6) is -1.15. The highest BCUT2D eigenvalue weighted by Crippen LogP contribution is 2.26. The summed E-state index contributed by atoms with van der Waals surface area (Å²) in [4.78, 5) is 24.7. The van der Waals surface area contributed by atoms with E-state index in [4.69, 9.17) is 9.84 Å². The second-order valence-electron chi connectivity index (χ2n) is 6.41. The van der Waals surface area contributed by atoms with Gasteiger partial charge in [-0.2, -0.15) is 0 Å². The zero-order valence-electron chi connectivity index (χ0n) is 17.8. The maximum atomic E-state index is 12.1. The lowest BCUT2D eigenvalue weighted by atomic mass is 10.0. The molecule has 5 nitrogen and oxygen atoms in total. The molecule has 0 aliphatic carbocycles. The van der Waals surface area contributed by atoms with Crippen LogP contribution in [0.5, 0.6) is 0 Å². The number of carbonyl (C=O) groups excluding carboxylic acids is 1. The van der Waals surface area contributed by atoms with Gasteiger partial charge in [0.2, 0.25) is 0 Å². The Morgan fingerprint density at radius 2 is 1.93 bits per heavy atom. The monoisotopic (exact) mass is 415 g/mol. The Morgan fingerprint density at radius 3 is 2.43 bits per heavy atom. The molecular weight excluding hydrogens is 385 g/mol. The Labute approximate surface area is 177 Å². The molecule has 0 spiro atoms. The number of nitrogens with zero attached hydrogens (tertiary/aromatic N) is 1. The van der Waals surface area contributed by atoms with Crippen molar-refractivity contribution in [1.29, 1.82) is 0 Å². The van der Waals surface area contributed by atoms with Crippen LogP contribution < -0.4 is 0 Å². The van der Waals surface area contributed by atoms with E-state index in [0.717, 1.165) is 12.0 Å². The van der Waals surface area contributed by atoms with Gasteiger partial charge < -0.3 is 14.7 Å². The van der Waals surface area contributed by atoms with Gasteiger partial charge in [-0.25, -0.2) is 14.0 Å². The van der Waals surface area contributed by atoms with E-state index >= 15 is 0 Å². The topological polar surface area (TPSA) is 66.8 Å². The van der Waals surface area contributed by atoms with Gasteiger partial charge in [-0.15, -0.1) is 6.58 Å². The Bertz CT molecular complexity index is 810. The van der Waals surface area contributed by atoms with Gasteiger partial charge in [-0.05, 0) is 36.8 Å². The van der Waals surface area contributed by atoms with Crippen LogP contribution >= 0.6 is 0 Å². The highest BCUT2D eigenvalue weighted by Gasteiger charge is 2.30. The van der Waals surface area contributed by atoms with Gasteiger partial charge in [0.15, 0.2) is 0 Å². The maximum absolute atomic E-state index is 12.1. The number of ether oxygens (including phenoxy) is 1. The molecule has 2 unspecified atom stereocenters. The molecule has 1 N–H and O–H groups in total.